The Morgan fingerprint density at radius 2 is 2.06 bits per heavy atom. The maximum atomic E-state index is 13.5. The molecule has 3 aromatic rings. The molecule has 8 heteroatoms. The smallest absolute Gasteiger partial charge is 0.261 e. The molecule has 1 saturated heterocycles. The highest BCUT2D eigenvalue weighted by Gasteiger charge is 2.47. The lowest BCUT2D eigenvalue weighted by Gasteiger charge is -2.30. The average Bonchev–Trinajstić information content (AvgIpc) is 3.48. The van der Waals surface area contributed by atoms with Gasteiger partial charge in [0.2, 0.25) is 0 Å². The van der Waals surface area contributed by atoms with Crippen LogP contribution < -0.4 is 9.64 Å². The first-order valence-corrected chi connectivity index (χ1v) is 10.4. The molecular formula is C23H25N5O3. The number of hydrogen-bond donors (Lipinski definition) is 0. The van der Waals surface area contributed by atoms with Crippen molar-refractivity contribution >= 4 is 11.6 Å². The van der Waals surface area contributed by atoms with Gasteiger partial charge in [-0.15, -0.1) is 0 Å². The SMILES string of the molecule is COc1cncc(-c2cc(C)c3c(n2)C(C)(C)N(c2cnn(C4CCOC4)c2)C3=O)c1. The largest absolute Gasteiger partial charge is 0.495 e. The molecule has 2 aliphatic rings. The van der Waals surface area contributed by atoms with Gasteiger partial charge in [0.25, 0.3) is 5.91 Å². The second kappa shape index (κ2) is 7.16. The molecule has 8 nitrogen and oxygen atoms in total. The van der Waals surface area contributed by atoms with Crippen LogP contribution in [0.3, 0.4) is 0 Å². The molecule has 0 radical (unpaired) electrons. The van der Waals surface area contributed by atoms with Gasteiger partial charge in [-0.1, -0.05) is 0 Å². The standard InChI is InChI=1S/C23H25N5O3/c1-14-7-19(15-8-18(30-4)11-24-9-15)26-21-20(14)22(29)28(23(21,2)3)17-10-25-27(12-17)16-5-6-31-13-16/h7-12,16H,5-6,13H2,1-4H3. The molecule has 31 heavy (non-hydrogen) atoms. The first-order chi connectivity index (χ1) is 14.9. The minimum atomic E-state index is -0.625. The summed E-state index contributed by atoms with van der Waals surface area (Å²) in [6.07, 6.45) is 8.04. The highest BCUT2D eigenvalue weighted by Crippen LogP contribution is 2.43. The van der Waals surface area contributed by atoms with E-state index in [-0.39, 0.29) is 11.9 Å². The highest BCUT2D eigenvalue weighted by atomic mass is 16.5. The van der Waals surface area contributed by atoms with Crippen LogP contribution in [0, 0.1) is 6.92 Å². The Balaban J connectivity index is 1.56. The van der Waals surface area contributed by atoms with E-state index in [2.05, 4.69) is 10.1 Å². The molecule has 1 fully saturated rings. The lowest BCUT2D eigenvalue weighted by Crippen LogP contribution is -2.39. The van der Waals surface area contributed by atoms with Crippen LogP contribution in [0.4, 0.5) is 5.69 Å². The third kappa shape index (κ3) is 3.09. The fraction of sp³-hybridized carbons (Fsp3) is 0.391. The monoisotopic (exact) mass is 419 g/mol. The lowest BCUT2D eigenvalue weighted by atomic mass is 9.96. The van der Waals surface area contributed by atoms with Crippen LogP contribution in [0.5, 0.6) is 5.75 Å². The van der Waals surface area contributed by atoms with Crippen LogP contribution in [-0.4, -0.2) is 46.0 Å². The van der Waals surface area contributed by atoms with E-state index >= 15 is 0 Å². The molecule has 3 aromatic heterocycles. The highest BCUT2D eigenvalue weighted by molar-refractivity contribution is 6.12. The van der Waals surface area contributed by atoms with Crippen molar-refractivity contribution in [3.63, 3.8) is 0 Å². The van der Waals surface area contributed by atoms with Crippen molar-refractivity contribution in [3.05, 3.63) is 53.7 Å². The van der Waals surface area contributed by atoms with E-state index in [1.54, 1.807) is 30.6 Å². The molecular weight excluding hydrogens is 394 g/mol. The van der Waals surface area contributed by atoms with Crippen molar-refractivity contribution in [2.45, 2.75) is 38.8 Å². The lowest BCUT2D eigenvalue weighted by molar-refractivity contribution is 0.0981. The van der Waals surface area contributed by atoms with E-state index in [4.69, 9.17) is 14.5 Å². The van der Waals surface area contributed by atoms with Crippen molar-refractivity contribution in [1.29, 1.82) is 0 Å². The predicted octanol–water partition coefficient (Wildman–Crippen LogP) is 3.51. The van der Waals surface area contributed by atoms with Gasteiger partial charge in [0, 0.05) is 24.6 Å². The van der Waals surface area contributed by atoms with Crippen molar-refractivity contribution in [2.75, 3.05) is 25.2 Å². The number of ether oxygens (including phenoxy) is 2. The summed E-state index contributed by atoms with van der Waals surface area (Å²) >= 11 is 0. The Kier molecular flexibility index (Phi) is 4.55. The van der Waals surface area contributed by atoms with Gasteiger partial charge in [-0.05, 0) is 44.9 Å². The van der Waals surface area contributed by atoms with E-state index in [1.165, 1.54) is 0 Å². The Labute approximate surface area is 180 Å². The summed E-state index contributed by atoms with van der Waals surface area (Å²) in [7, 11) is 1.61. The van der Waals surface area contributed by atoms with E-state index in [0.29, 0.717) is 17.9 Å². The molecule has 0 aliphatic carbocycles. The molecule has 0 N–H and O–H groups in total. The number of rotatable bonds is 4. The van der Waals surface area contributed by atoms with Crippen molar-refractivity contribution in [3.8, 4) is 17.0 Å². The van der Waals surface area contributed by atoms with Crippen LogP contribution in [0.2, 0.25) is 0 Å². The summed E-state index contributed by atoms with van der Waals surface area (Å²) in [5.74, 6) is 0.611. The first-order valence-electron chi connectivity index (χ1n) is 10.4. The fourth-order valence-corrected chi connectivity index (χ4v) is 4.49. The van der Waals surface area contributed by atoms with E-state index in [0.717, 1.165) is 41.2 Å². The van der Waals surface area contributed by atoms with Crippen molar-refractivity contribution in [2.24, 2.45) is 0 Å². The van der Waals surface area contributed by atoms with Crippen LogP contribution in [0.15, 0.2) is 36.9 Å². The first kappa shape index (κ1) is 19.7. The number of methoxy groups -OCH3 is 1. The van der Waals surface area contributed by atoms with Gasteiger partial charge in [-0.3, -0.25) is 19.4 Å². The van der Waals surface area contributed by atoms with Gasteiger partial charge >= 0.3 is 0 Å². The zero-order valence-corrected chi connectivity index (χ0v) is 18.1. The predicted molar refractivity (Wildman–Crippen MR) is 115 cm³/mol. The fourth-order valence-electron chi connectivity index (χ4n) is 4.49. The molecule has 1 atom stereocenters. The second-order valence-electron chi connectivity index (χ2n) is 8.56. The number of amides is 1. The van der Waals surface area contributed by atoms with Crippen LogP contribution >= 0.6 is 0 Å². The number of fused-ring (bicyclic) bond motifs is 1. The van der Waals surface area contributed by atoms with Gasteiger partial charge < -0.3 is 9.47 Å². The molecule has 1 unspecified atom stereocenters. The van der Waals surface area contributed by atoms with Gasteiger partial charge in [0.1, 0.15) is 5.75 Å². The van der Waals surface area contributed by atoms with E-state index < -0.39 is 5.54 Å². The van der Waals surface area contributed by atoms with Crippen LogP contribution in [-0.2, 0) is 10.3 Å². The molecule has 1 amide bonds. The zero-order valence-electron chi connectivity index (χ0n) is 18.1. The van der Waals surface area contributed by atoms with E-state index in [1.807, 2.05) is 43.8 Å². The van der Waals surface area contributed by atoms with E-state index in [9.17, 15) is 4.79 Å². The number of nitrogens with zero attached hydrogens (tertiary/aromatic N) is 5. The Hall–Kier alpha value is -3.26. The minimum absolute atomic E-state index is 0.0532. The number of carbonyl (C=O) groups excluding carboxylic acids is 1. The molecule has 160 valence electrons. The summed E-state index contributed by atoms with van der Waals surface area (Å²) in [6.45, 7) is 7.38. The number of pyridine rings is 2. The molecule has 0 bridgehead atoms. The Morgan fingerprint density at radius 1 is 1.23 bits per heavy atom. The molecule has 5 rings (SSSR count). The molecule has 0 saturated carbocycles. The zero-order chi connectivity index (χ0) is 21.8. The topological polar surface area (TPSA) is 82.4 Å². The van der Waals surface area contributed by atoms with Crippen LogP contribution in [0.25, 0.3) is 11.3 Å². The molecule has 0 aromatic carbocycles. The number of carbonyl (C=O) groups is 1. The third-order valence-corrected chi connectivity index (χ3v) is 6.14. The van der Waals surface area contributed by atoms with Crippen molar-refractivity contribution in [1.82, 2.24) is 19.7 Å². The quantitative estimate of drug-likeness (QED) is 0.644. The average molecular weight is 419 g/mol. The molecule has 5 heterocycles. The van der Waals surface area contributed by atoms with Gasteiger partial charge in [-0.25, -0.2) is 4.98 Å². The Bertz CT molecular complexity index is 1160. The summed E-state index contributed by atoms with van der Waals surface area (Å²) in [6, 6.07) is 4.05. The number of hydrogen-bond acceptors (Lipinski definition) is 6. The van der Waals surface area contributed by atoms with Crippen molar-refractivity contribution < 1.29 is 14.3 Å². The summed E-state index contributed by atoms with van der Waals surface area (Å²) < 4.78 is 12.7. The Morgan fingerprint density at radius 3 is 2.81 bits per heavy atom. The number of aryl methyl sites for hydroxylation is 1. The summed E-state index contributed by atoms with van der Waals surface area (Å²) in [5.41, 5.74) is 4.06. The minimum Gasteiger partial charge on any atom is -0.495 e. The maximum Gasteiger partial charge on any atom is 0.261 e. The summed E-state index contributed by atoms with van der Waals surface area (Å²) in [4.78, 5) is 24.5. The van der Waals surface area contributed by atoms with Gasteiger partial charge in [0.15, 0.2) is 0 Å². The van der Waals surface area contributed by atoms with Gasteiger partial charge in [0.05, 0.1) is 60.3 Å². The summed E-state index contributed by atoms with van der Waals surface area (Å²) in [5, 5.41) is 4.51. The number of aromatic nitrogens is 4. The number of anilines is 1. The second-order valence-corrected chi connectivity index (χ2v) is 8.56. The normalized spacial score (nSPS) is 19.7. The maximum absolute atomic E-state index is 13.5. The molecule has 2 aliphatic heterocycles. The third-order valence-electron chi connectivity index (χ3n) is 6.14. The molecule has 0 spiro atoms. The van der Waals surface area contributed by atoms with Crippen LogP contribution in [0.1, 0.15) is 47.9 Å². The van der Waals surface area contributed by atoms with Gasteiger partial charge in [-0.2, -0.15) is 5.10 Å².